The van der Waals surface area contributed by atoms with Crippen molar-refractivity contribution in [2.75, 3.05) is 0 Å². The summed E-state index contributed by atoms with van der Waals surface area (Å²) in [6.07, 6.45) is 0. The molecule has 6 nitrogen and oxygen atoms in total. The van der Waals surface area contributed by atoms with Crippen molar-refractivity contribution in [3.63, 3.8) is 0 Å². The van der Waals surface area contributed by atoms with Gasteiger partial charge in [0.1, 0.15) is 10.6 Å². The molecule has 132 valence electrons. The van der Waals surface area contributed by atoms with E-state index >= 15 is 0 Å². The van der Waals surface area contributed by atoms with Crippen LogP contribution in [-0.2, 0) is 6.54 Å². The molecule has 0 saturated carbocycles. The lowest BCUT2D eigenvalue weighted by atomic mass is 10.1. The van der Waals surface area contributed by atoms with Crippen LogP contribution in [0.5, 0.6) is 0 Å². The van der Waals surface area contributed by atoms with Gasteiger partial charge >= 0.3 is 0 Å². The van der Waals surface area contributed by atoms with E-state index in [0.717, 1.165) is 21.1 Å². The number of carbonyl (C=O) groups excluding carboxylic acids is 1. The monoisotopic (exact) mass is 387 g/mol. The maximum Gasteiger partial charge on any atom is 0.282 e. The highest BCUT2D eigenvalue weighted by Gasteiger charge is 2.19. The lowest BCUT2D eigenvalue weighted by molar-refractivity contribution is -0.385. The van der Waals surface area contributed by atoms with Gasteiger partial charge in [0, 0.05) is 16.5 Å². The molecule has 0 aliphatic carbocycles. The summed E-state index contributed by atoms with van der Waals surface area (Å²) in [6.45, 7) is 2.09. The molecule has 1 heterocycles. The number of benzene rings is 2. The van der Waals surface area contributed by atoms with Crippen molar-refractivity contribution in [1.82, 2.24) is 10.3 Å². The summed E-state index contributed by atoms with van der Waals surface area (Å²) in [6, 6.07) is 13.3. The molecular weight excluding hydrogens is 374 g/mol. The van der Waals surface area contributed by atoms with Crippen LogP contribution in [0.3, 0.4) is 0 Å². The number of thiazole rings is 1. The molecule has 1 amide bonds. The number of aromatic nitrogens is 1. The summed E-state index contributed by atoms with van der Waals surface area (Å²) in [7, 11) is 0. The molecule has 0 unspecified atom stereocenters. The van der Waals surface area contributed by atoms with Gasteiger partial charge in [-0.3, -0.25) is 14.9 Å². The Kier molecular flexibility index (Phi) is 5.29. The first-order chi connectivity index (χ1) is 12.5. The number of hydrogen-bond acceptors (Lipinski definition) is 5. The van der Waals surface area contributed by atoms with Gasteiger partial charge in [0.15, 0.2) is 0 Å². The second kappa shape index (κ2) is 7.63. The molecule has 0 aliphatic rings. The minimum Gasteiger partial charge on any atom is -0.347 e. The Morgan fingerprint density at radius 1 is 1.23 bits per heavy atom. The molecule has 26 heavy (non-hydrogen) atoms. The number of para-hydroxylation sites is 1. The zero-order valence-electron chi connectivity index (χ0n) is 13.7. The van der Waals surface area contributed by atoms with E-state index in [1.807, 2.05) is 25.1 Å². The molecular formula is C18H14ClN3O3S. The number of halogens is 1. The first kappa shape index (κ1) is 18.0. The average Bonchev–Trinajstić information content (AvgIpc) is 3.00. The predicted molar refractivity (Wildman–Crippen MR) is 102 cm³/mol. The van der Waals surface area contributed by atoms with Crippen LogP contribution in [0.2, 0.25) is 5.02 Å². The highest BCUT2D eigenvalue weighted by molar-refractivity contribution is 7.15. The summed E-state index contributed by atoms with van der Waals surface area (Å²) >= 11 is 7.64. The summed E-state index contributed by atoms with van der Waals surface area (Å²) < 4.78 is 0. The van der Waals surface area contributed by atoms with Gasteiger partial charge in [0.05, 0.1) is 22.2 Å². The Morgan fingerprint density at radius 3 is 2.65 bits per heavy atom. The molecule has 0 fully saturated rings. The zero-order valence-corrected chi connectivity index (χ0v) is 15.3. The molecule has 8 heteroatoms. The zero-order chi connectivity index (χ0) is 18.7. The van der Waals surface area contributed by atoms with E-state index in [9.17, 15) is 14.9 Å². The predicted octanol–water partition coefficient (Wildman–Crippen LogP) is 4.61. The van der Waals surface area contributed by atoms with Crippen LogP contribution in [0.4, 0.5) is 5.69 Å². The van der Waals surface area contributed by atoms with Gasteiger partial charge in [-0.2, -0.15) is 0 Å². The molecule has 1 N–H and O–H groups in total. The molecule has 1 aromatic heterocycles. The van der Waals surface area contributed by atoms with Crippen molar-refractivity contribution in [3.05, 3.63) is 79.8 Å². The van der Waals surface area contributed by atoms with Crippen molar-refractivity contribution in [2.45, 2.75) is 13.5 Å². The Bertz CT molecular complexity index is 987. The van der Waals surface area contributed by atoms with Gasteiger partial charge in [0.25, 0.3) is 11.6 Å². The van der Waals surface area contributed by atoms with Crippen molar-refractivity contribution < 1.29 is 9.72 Å². The van der Waals surface area contributed by atoms with E-state index in [1.165, 1.54) is 29.5 Å². The highest BCUT2D eigenvalue weighted by atomic mass is 35.5. The smallest absolute Gasteiger partial charge is 0.282 e. The quantitative estimate of drug-likeness (QED) is 0.511. The first-order valence-electron chi connectivity index (χ1n) is 7.70. The molecule has 0 radical (unpaired) electrons. The molecule has 0 aliphatic heterocycles. The summed E-state index contributed by atoms with van der Waals surface area (Å²) in [5, 5.41) is 15.2. The Hall–Kier alpha value is -2.77. The van der Waals surface area contributed by atoms with Crippen molar-refractivity contribution >= 4 is 34.5 Å². The van der Waals surface area contributed by atoms with Crippen LogP contribution in [-0.4, -0.2) is 15.8 Å². The SMILES string of the molecule is Cc1nc(-c2ccccc2Cl)sc1CNC(=O)c1ccccc1[N+](=O)[O-]. The fraction of sp³-hybridized carbons (Fsp3) is 0.111. The second-order valence-corrected chi connectivity index (χ2v) is 6.96. The number of nitrogens with one attached hydrogen (secondary N) is 1. The number of aryl methyl sites for hydroxylation is 1. The number of rotatable bonds is 5. The van der Waals surface area contributed by atoms with Gasteiger partial charge in [0.2, 0.25) is 0 Å². The lowest BCUT2D eigenvalue weighted by Gasteiger charge is -2.05. The Balaban J connectivity index is 1.78. The summed E-state index contributed by atoms with van der Waals surface area (Å²) in [5.41, 5.74) is 1.43. The van der Waals surface area contributed by atoms with Crippen LogP contribution in [0, 0.1) is 17.0 Å². The van der Waals surface area contributed by atoms with Gasteiger partial charge in [-0.25, -0.2) is 4.98 Å². The maximum absolute atomic E-state index is 12.3. The average molecular weight is 388 g/mol. The fourth-order valence-electron chi connectivity index (χ4n) is 2.42. The van der Waals surface area contributed by atoms with Crippen LogP contribution in [0.15, 0.2) is 48.5 Å². The molecule has 3 rings (SSSR count). The van der Waals surface area contributed by atoms with Crippen molar-refractivity contribution in [3.8, 4) is 10.6 Å². The van der Waals surface area contributed by atoms with Gasteiger partial charge in [-0.1, -0.05) is 41.9 Å². The normalized spacial score (nSPS) is 10.5. The van der Waals surface area contributed by atoms with Crippen LogP contribution < -0.4 is 5.32 Å². The van der Waals surface area contributed by atoms with E-state index in [2.05, 4.69) is 10.3 Å². The number of amides is 1. The van der Waals surface area contributed by atoms with Crippen LogP contribution in [0.25, 0.3) is 10.6 Å². The van der Waals surface area contributed by atoms with Crippen LogP contribution in [0.1, 0.15) is 20.9 Å². The van der Waals surface area contributed by atoms with E-state index in [-0.39, 0.29) is 17.8 Å². The largest absolute Gasteiger partial charge is 0.347 e. The third-order valence-electron chi connectivity index (χ3n) is 3.75. The summed E-state index contributed by atoms with van der Waals surface area (Å²) in [5.74, 6) is -0.496. The molecule has 0 spiro atoms. The molecule has 0 bridgehead atoms. The maximum atomic E-state index is 12.3. The van der Waals surface area contributed by atoms with E-state index in [0.29, 0.717) is 5.02 Å². The fourth-order valence-corrected chi connectivity index (χ4v) is 3.75. The van der Waals surface area contributed by atoms with Gasteiger partial charge < -0.3 is 5.32 Å². The third-order valence-corrected chi connectivity index (χ3v) is 5.27. The molecule has 3 aromatic rings. The Labute approximate surface area is 158 Å². The second-order valence-electron chi connectivity index (χ2n) is 5.46. The number of carbonyl (C=O) groups is 1. The van der Waals surface area contributed by atoms with Crippen molar-refractivity contribution in [1.29, 1.82) is 0 Å². The molecule has 2 aromatic carbocycles. The minimum absolute atomic E-state index is 0.0333. The van der Waals surface area contributed by atoms with Crippen LogP contribution >= 0.6 is 22.9 Å². The van der Waals surface area contributed by atoms with E-state index in [4.69, 9.17) is 11.6 Å². The third kappa shape index (κ3) is 3.74. The van der Waals surface area contributed by atoms with E-state index in [1.54, 1.807) is 12.1 Å². The summed E-state index contributed by atoms with van der Waals surface area (Å²) in [4.78, 5) is 28.2. The molecule has 0 saturated heterocycles. The standard InChI is InChI=1S/C18H14ClN3O3S/c1-11-16(26-18(21-11)12-6-2-4-8-14(12)19)10-20-17(23)13-7-3-5-9-15(13)22(24)25/h2-9H,10H2,1H3,(H,20,23). The van der Waals surface area contributed by atoms with Gasteiger partial charge in [-0.15, -0.1) is 11.3 Å². The van der Waals surface area contributed by atoms with Crippen molar-refractivity contribution in [2.24, 2.45) is 0 Å². The van der Waals surface area contributed by atoms with E-state index < -0.39 is 10.8 Å². The molecule has 0 atom stereocenters. The minimum atomic E-state index is -0.567. The number of nitro groups is 1. The first-order valence-corrected chi connectivity index (χ1v) is 8.89. The highest BCUT2D eigenvalue weighted by Crippen LogP contribution is 2.32. The van der Waals surface area contributed by atoms with Gasteiger partial charge in [-0.05, 0) is 19.1 Å². The lowest BCUT2D eigenvalue weighted by Crippen LogP contribution is -2.23. The number of hydrogen-bond donors (Lipinski definition) is 1. The topological polar surface area (TPSA) is 85.1 Å². The number of nitro benzene ring substituents is 1. The Morgan fingerprint density at radius 2 is 1.92 bits per heavy atom. The number of nitrogens with zero attached hydrogens (tertiary/aromatic N) is 2.